The van der Waals surface area contributed by atoms with Crippen molar-refractivity contribution < 1.29 is 13.2 Å². The first-order valence-electron chi connectivity index (χ1n) is 10.3. The van der Waals surface area contributed by atoms with Crippen molar-refractivity contribution in [2.75, 3.05) is 30.8 Å². The minimum Gasteiger partial charge on any atom is -0.371 e. The van der Waals surface area contributed by atoms with Crippen LogP contribution in [0.3, 0.4) is 0 Å². The maximum absolute atomic E-state index is 12.5. The molecule has 0 N–H and O–H groups in total. The Balaban J connectivity index is 1.50. The molecule has 1 aliphatic rings. The van der Waals surface area contributed by atoms with Gasteiger partial charge in [-0.2, -0.15) is 0 Å². The topological polar surface area (TPSA) is 70.6 Å². The van der Waals surface area contributed by atoms with Gasteiger partial charge in [-0.25, -0.2) is 8.42 Å². The van der Waals surface area contributed by atoms with Crippen LogP contribution in [0.25, 0.3) is 0 Å². The van der Waals surface area contributed by atoms with Crippen LogP contribution in [0.5, 0.6) is 0 Å². The number of anilines is 1. The first kappa shape index (κ1) is 23.5. The van der Waals surface area contributed by atoms with Crippen LogP contribution in [0, 0.1) is 6.92 Å². The summed E-state index contributed by atoms with van der Waals surface area (Å²) >= 11 is 3.36. The Bertz CT molecular complexity index is 1030. The molecule has 0 atom stereocenters. The average molecular weight is 506 g/mol. The molecule has 1 amide bonds. The zero-order chi connectivity index (χ0) is 22.4. The normalized spacial score (nSPS) is 15.4. The molecule has 0 spiro atoms. The number of aryl methyl sites for hydroxylation is 2. The fraction of sp³-hybridized carbons (Fsp3) is 0.391. The van der Waals surface area contributed by atoms with Gasteiger partial charge >= 0.3 is 0 Å². The van der Waals surface area contributed by atoms with Gasteiger partial charge in [-0.05, 0) is 56.0 Å². The number of likely N-dealkylation sites (N-methyl/N-ethyl adjacent to an activating group) is 1. The molecule has 6 nitrogen and oxygen atoms in total. The van der Waals surface area contributed by atoms with Crippen molar-refractivity contribution in [3.63, 3.8) is 0 Å². The van der Waals surface area contributed by atoms with Crippen LogP contribution in [0.15, 0.2) is 58.6 Å². The number of piperidine rings is 1. The van der Waals surface area contributed by atoms with E-state index < -0.39 is 9.84 Å². The van der Waals surface area contributed by atoms with Gasteiger partial charge in [0.15, 0.2) is 9.84 Å². The summed E-state index contributed by atoms with van der Waals surface area (Å²) in [6.07, 6.45) is 5.10. The highest BCUT2D eigenvalue weighted by Gasteiger charge is 2.25. The Morgan fingerprint density at radius 1 is 1.23 bits per heavy atom. The number of carbonyl (C=O) groups is 1. The Morgan fingerprint density at radius 3 is 2.55 bits per heavy atom. The summed E-state index contributed by atoms with van der Waals surface area (Å²) in [5.41, 5.74) is 3.08. The molecule has 2 aromatic rings. The van der Waals surface area contributed by atoms with Crippen LogP contribution in [-0.4, -0.2) is 56.1 Å². The van der Waals surface area contributed by atoms with Crippen LogP contribution in [0.4, 0.5) is 5.69 Å². The number of nitrogens with zero attached hydrogens (tertiary/aromatic N) is 3. The molecule has 1 fully saturated rings. The molecule has 31 heavy (non-hydrogen) atoms. The van der Waals surface area contributed by atoms with Crippen LogP contribution >= 0.6 is 15.9 Å². The van der Waals surface area contributed by atoms with Gasteiger partial charge in [0.2, 0.25) is 5.91 Å². The van der Waals surface area contributed by atoms with Crippen molar-refractivity contribution in [1.82, 2.24) is 9.88 Å². The second-order valence-corrected chi connectivity index (χ2v) is 10.8. The largest absolute Gasteiger partial charge is 0.371 e. The lowest BCUT2D eigenvalue weighted by molar-refractivity contribution is -0.127. The number of halogens is 1. The molecule has 0 saturated carbocycles. The lowest BCUT2D eigenvalue weighted by Crippen LogP contribution is -2.45. The summed E-state index contributed by atoms with van der Waals surface area (Å²) in [7, 11) is -1.70. The van der Waals surface area contributed by atoms with Gasteiger partial charge in [0.1, 0.15) is 0 Å². The molecule has 1 aromatic carbocycles. The second-order valence-electron chi connectivity index (χ2n) is 7.87. The van der Waals surface area contributed by atoms with Crippen LogP contribution in [0.2, 0.25) is 0 Å². The molecule has 2 heterocycles. The van der Waals surface area contributed by atoms with Crippen LogP contribution < -0.4 is 4.90 Å². The number of rotatable bonds is 7. The highest BCUT2D eigenvalue weighted by Crippen LogP contribution is 2.22. The summed E-state index contributed by atoms with van der Waals surface area (Å²) in [5, 5.41) is 1.06. The van der Waals surface area contributed by atoms with Gasteiger partial charge in [-0.1, -0.05) is 28.1 Å². The smallest absolute Gasteiger partial charge is 0.247 e. The number of carbonyl (C=O) groups excluding carboxylic acids is 1. The Morgan fingerprint density at radius 2 is 1.90 bits per heavy atom. The van der Waals surface area contributed by atoms with E-state index in [1.807, 2.05) is 43.5 Å². The molecule has 166 valence electrons. The summed E-state index contributed by atoms with van der Waals surface area (Å²) in [6.45, 7) is 3.67. The lowest BCUT2D eigenvalue weighted by Gasteiger charge is -2.37. The number of hydrogen-bond donors (Lipinski definition) is 0. The van der Waals surface area contributed by atoms with E-state index in [2.05, 4.69) is 31.9 Å². The van der Waals surface area contributed by atoms with E-state index in [9.17, 15) is 13.2 Å². The van der Waals surface area contributed by atoms with Crippen molar-refractivity contribution in [3.8, 4) is 0 Å². The third-order valence-corrected chi connectivity index (χ3v) is 7.46. The van der Waals surface area contributed by atoms with Gasteiger partial charge in [-0.3, -0.25) is 9.78 Å². The van der Waals surface area contributed by atoms with Gasteiger partial charge in [0.25, 0.3) is 0 Å². The third-order valence-electron chi connectivity index (χ3n) is 5.61. The quantitative estimate of drug-likeness (QED) is 0.535. The maximum atomic E-state index is 12.5. The summed E-state index contributed by atoms with van der Waals surface area (Å²) in [6, 6.07) is 11.7. The van der Waals surface area contributed by atoms with E-state index in [0.29, 0.717) is 6.42 Å². The summed E-state index contributed by atoms with van der Waals surface area (Å²) in [5.74, 6) is -0.295. The van der Waals surface area contributed by atoms with E-state index in [1.165, 1.54) is 6.08 Å². The van der Waals surface area contributed by atoms with Crippen molar-refractivity contribution in [2.45, 2.75) is 32.2 Å². The van der Waals surface area contributed by atoms with Gasteiger partial charge in [0.05, 0.1) is 5.75 Å². The predicted octanol–water partition coefficient (Wildman–Crippen LogP) is 3.75. The fourth-order valence-electron chi connectivity index (χ4n) is 3.68. The number of sulfone groups is 1. The minimum atomic E-state index is -3.45. The highest BCUT2D eigenvalue weighted by atomic mass is 79.9. The highest BCUT2D eigenvalue weighted by molar-refractivity contribution is 9.10. The Hall–Kier alpha value is -2.19. The number of aromatic nitrogens is 1. The van der Waals surface area contributed by atoms with Crippen molar-refractivity contribution >= 4 is 37.4 Å². The first-order valence-corrected chi connectivity index (χ1v) is 12.8. The fourth-order valence-corrected chi connectivity index (χ4v) is 4.92. The van der Waals surface area contributed by atoms with Gasteiger partial charge < -0.3 is 9.80 Å². The van der Waals surface area contributed by atoms with Crippen molar-refractivity contribution in [2.24, 2.45) is 0 Å². The number of amides is 1. The molecule has 1 aromatic heterocycles. The van der Waals surface area contributed by atoms with E-state index in [0.717, 1.165) is 52.8 Å². The molecule has 3 rings (SSSR count). The van der Waals surface area contributed by atoms with Crippen molar-refractivity contribution in [1.29, 1.82) is 0 Å². The SMILES string of the molecule is Cc1cc(N2CCC(N(C)C(=O)C=CS(=O)(=O)CCc3ccc(Br)cc3)CC2)ccn1. The zero-order valence-electron chi connectivity index (χ0n) is 17.9. The minimum absolute atomic E-state index is 0.0220. The van der Waals surface area contributed by atoms with Crippen LogP contribution in [0.1, 0.15) is 24.1 Å². The monoisotopic (exact) mass is 505 g/mol. The molecular formula is C23H28BrN3O3S. The third kappa shape index (κ3) is 6.90. The Kier molecular flexibility index (Phi) is 7.89. The second kappa shape index (κ2) is 10.4. The molecule has 8 heteroatoms. The van der Waals surface area contributed by atoms with E-state index in [-0.39, 0.29) is 17.7 Å². The van der Waals surface area contributed by atoms with Crippen molar-refractivity contribution in [3.05, 3.63) is 69.8 Å². The van der Waals surface area contributed by atoms with Gasteiger partial charge in [-0.15, -0.1) is 0 Å². The summed E-state index contributed by atoms with van der Waals surface area (Å²) < 4.78 is 25.6. The van der Waals surface area contributed by atoms with E-state index in [4.69, 9.17) is 0 Å². The zero-order valence-corrected chi connectivity index (χ0v) is 20.3. The molecule has 1 aliphatic heterocycles. The van der Waals surface area contributed by atoms with E-state index in [1.54, 1.807) is 11.9 Å². The van der Waals surface area contributed by atoms with E-state index >= 15 is 0 Å². The standard InChI is InChI=1S/C23H28BrN3O3S/c1-18-17-22(7-12-25-18)27-13-8-21(9-14-27)26(2)23(28)11-16-31(29,30)15-10-19-3-5-20(24)6-4-19/h3-7,11-12,16-17,21H,8-10,13-15H2,1-2H3. The Labute approximate surface area is 193 Å². The summed E-state index contributed by atoms with van der Waals surface area (Å²) in [4.78, 5) is 20.7. The number of pyridine rings is 1. The first-order chi connectivity index (χ1) is 14.7. The van der Waals surface area contributed by atoms with Crippen LogP contribution in [-0.2, 0) is 21.1 Å². The molecule has 1 saturated heterocycles. The molecular weight excluding hydrogens is 478 g/mol. The predicted molar refractivity (Wildman–Crippen MR) is 128 cm³/mol. The number of hydrogen-bond acceptors (Lipinski definition) is 5. The molecule has 0 radical (unpaired) electrons. The maximum Gasteiger partial charge on any atom is 0.247 e. The van der Waals surface area contributed by atoms with Gasteiger partial charge in [0, 0.05) is 59.7 Å². The molecule has 0 unspecified atom stereocenters. The molecule has 0 bridgehead atoms. The lowest BCUT2D eigenvalue weighted by atomic mass is 10.0. The average Bonchev–Trinajstić information content (AvgIpc) is 2.77. The number of benzene rings is 1. The molecule has 0 aliphatic carbocycles.